The monoisotopic (exact) mass is 531 g/mol. The van der Waals surface area contributed by atoms with Crippen molar-refractivity contribution in [3.8, 4) is 0 Å². The third kappa shape index (κ3) is 4.70. The van der Waals surface area contributed by atoms with Gasteiger partial charge in [-0.2, -0.15) is 15.2 Å². The molecule has 0 radical (unpaired) electrons. The number of hydrogen-bond acceptors (Lipinski definition) is 7. The Kier molecular flexibility index (Phi) is 6.03. The molecule has 1 N–H and O–H groups in total. The highest BCUT2D eigenvalue weighted by Gasteiger charge is 2.19. The summed E-state index contributed by atoms with van der Waals surface area (Å²) >= 11 is 5.77. The van der Waals surface area contributed by atoms with Crippen LogP contribution in [-0.2, 0) is 27.2 Å². The lowest BCUT2D eigenvalue weighted by Gasteiger charge is -2.16. The largest absolute Gasteiger partial charge is 0.355 e. The van der Waals surface area contributed by atoms with Crippen molar-refractivity contribution in [1.82, 2.24) is 38.7 Å². The van der Waals surface area contributed by atoms with Crippen LogP contribution in [0.5, 0.6) is 0 Å². The number of rotatable bonds is 6. The number of aromatic nitrogens is 8. The molecule has 0 spiro atoms. The highest BCUT2D eigenvalue weighted by atomic mass is 35.5. The number of nitrogens with one attached hydrogen (secondary N) is 1. The molecule has 0 amide bonds. The van der Waals surface area contributed by atoms with Crippen LogP contribution in [0, 0.1) is 17.5 Å². The molecule has 5 aromatic rings. The molecule has 0 aliphatic carbocycles. The van der Waals surface area contributed by atoms with Gasteiger partial charge in [0.1, 0.15) is 12.1 Å². The molecule has 0 aliphatic rings. The second-order valence-electron chi connectivity index (χ2n) is 8.20. The number of benzene rings is 2. The first kappa shape index (κ1) is 24.2. The molecule has 3 heterocycles. The van der Waals surface area contributed by atoms with Gasteiger partial charge in [0.25, 0.3) is 0 Å². The van der Waals surface area contributed by atoms with Crippen LogP contribution < -0.4 is 16.7 Å². The molecule has 37 heavy (non-hydrogen) atoms. The van der Waals surface area contributed by atoms with E-state index in [0.717, 1.165) is 21.3 Å². The van der Waals surface area contributed by atoms with Crippen molar-refractivity contribution in [3.63, 3.8) is 0 Å². The molecule has 2 aromatic carbocycles. The van der Waals surface area contributed by atoms with Crippen molar-refractivity contribution in [2.24, 2.45) is 14.1 Å². The molecule has 5 rings (SSSR count). The molecule has 0 saturated carbocycles. The number of fused-ring (bicyclic) bond motifs is 1. The SMILES string of the molecule is Cn1cnc(Cn2c(=O)nc(Nc3cc4cn(C)nc4cc3F)n(Cc3cc(F)c(F)c(Cl)c3)c2=O)n1. The van der Waals surface area contributed by atoms with Crippen molar-refractivity contribution in [3.05, 3.63) is 91.6 Å². The molecule has 3 aromatic heterocycles. The summed E-state index contributed by atoms with van der Waals surface area (Å²) in [4.78, 5) is 34.2. The topological polar surface area (TPSA) is 117 Å². The summed E-state index contributed by atoms with van der Waals surface area (Å²) in [5.74, 6) is -3.35. The first-order valence-corrected chi connectivity index (χ1v) is 11.1. The van der Waals surface area contributed by atoms with E-state index in [-0.39, 0.29) is 36.1 Å². The highest BCUT2D eigenvalue weighted by molar-refractivity contribution is 6.30. The Morgan fingerprint density at radius 3 is 2.43 bits per heavy atom. The Morgan fingerprint density at radius 2 is 1.73 bits per heavy atom. The minimum atomic E-state index is -1.24. The van der Waals surface area contributed by atoms with E-state index >= 15 is 0 Å². The summed E-state index contributed by atoms with van der Waals surface area (Å²) in [7, 11) is 3.29. The first-order chi connectivity index (χ1) is 17.6. The van der Waals surface area contributed by atoms with Gasteiger partial charge in [0.05, 0.1) is 29.3 Å². The Bertz CT molecular complexity index is 1770. The molecule has 190 valence electrons. The standard InChI is InChI=1S/C22H17ClF3N9O2/c1-32-8-12-5-17(14(24)6-16(12)30-32)28-20-29-21(36)35(9-18-27-10-33(2)31-18)22(37)34(20)7-11-3-13(23)19(26)15(25)4-11/h3-6,8,10H,7,9H2,1-2H3,(H,28,29,36). The molecule has 0 fully saturated rings. The zero-order chi connectivity index (χ0) is 26.4. The molecule has 11 nitrogen and oxygen atoms in total. The summed E-state index contributed by atoms with van der Waals surface area (Å²) in [6, 6.07) is 4.61. The summed E-state index contributed by atoms with van der Waals surface area (Å²) in [5.41, 5.74) is -1.43. The van der Waals surface area contributed by atoms with Crippen molar-refractivity contribution in [2.45, 2.75) is 13.1 Å². The fourth-order valence-corrected chi connectivity index (χ4v) is 4.00. The normalized spacial score (nSPS) is 11.4. The van der Waals surface area contributed by atoms with E-state index in [1.54, 1.807) is 20.3 Å². The van der Waals surface area contributed by atoms with Crippen LogP contribution in [0.3, 0.4) is 0 Å². The lowest BCUT2D eigenvalue weighted by molar-refractivity contribution is 0.505. The first-order valence-electron chi connectivity index (χ1n) is 10.7. The van der Waals surface area contributed by atoms with Gasteiger partial charge in [-0.3, -0.25) is 13.9 Å². The van der Waals surface area contributed by atoms with Gasteiger partial charge < -0.3 is 5.32 Å². The molecular formula is C22H17ClF3N9O2. The van der Waals surface area contributed by atoms with E-state index in [0.29, 0.717) is 10.9 Å². The second kappa shape index (κ2) is 9.20. The maximum absolute atomic E-state index is 14.9. The molecule has 0 bridgehead atoms. The van der Waals surface area contributed by atoms with Crippen molar-refractivity contribution in [2.75, 3.05) is 5.32 Å². The van der Waals surface area contributed by atoms with Gasteiger partial charge in [-0.05, 0) is 23.8 Å². The summed E-state index contributed by atoms with van der Waals surface area (Å²) in [6.07, 6.45) is 3.05. The summed E-state index contributed by atoms with van der Waals surface area (Å²) < 4.78 is 47.2. The van der Waals surface area contributed by atoms with Crippen LogP contribution >= 0.6 is 11.6 Å². The number of nitrogens with zero attached hydrogens (tertiary/aromatic N) is 8. The van der Waals surface area contributed by atoms with E-state index in [4.69, 9.17) is 11.6 Å². The summed E-state index contributed by atoms with van der Waals surface area (Å²) in [5, 5.41) is 10.9. The van der Waals surface area contributed by atoms with Gasteiger partial charge >= 0.3 is 11.4 Å². The van der Waals surface area contributed by atoms with Crippen LogP contribution in [0.4, 0.5) is 24.8 Å². The zero-order valence-corrected chi connectivity index (χ0v) is 20.0. The van der Waals surface area contributed by atoms with Gasteiger partial charge in [-0.1, -0.05) is 11.6 Å². The van der Waals surface area contributed by atoms with E-state index in [1.165, 1.54) is 27.8 Å². The Labute approximate surface area is 210 Å². The Hall–Kier alpha value is -4.46. The molecular weight excluding hydrogens is 515 g/mol. The Morgan fingerprint density at radius 1 is 0.946 bits per heavy atom. The predicted molar refractivity (Wildman–Crippen MR) is 127 cm³/mol. The van der Waals surface area contributed by atoms with Crippen LogP contribution in [0.1, 0.15) is 11.4 Å². The smallest absolute Gasteiger partial charge is 0.323 e. The number of anilines is 2. The van der Waals surface area contributed by atoms with Gasteiger partial charge in [0.2, 0.25) is 5.95 Å². The minimum Gasteiger partial charge on any atom is -0.323 e. The molecule has 15 heteroatoms. The number of halogens is 4. The van der Waals surface area contributed by atoms with Crippen molar-refractivity contribution >= 4 is 34.1 Å². The lowest BCUT2D eigenvalue weighted by Crippen LogP contribution is -2.43. The maximum atomic E-state index is 14.9. The third-order valence-corrected chi connectivity index (χ3v) is 5.71. The fourth-order valence-electron chi connectivity index (χ4n) is 3.77. The third-order valence-electron chi connectivity index (χ3n) is 5.43. The predicted octanol–water partition coefficient (Wildman–Crippen LogP) is 2.33. The van der Waals surface area contributed by atoms with Crippen molar-refractivity contribution < 1.29 is 13.2 Å². The molecule has 0 saturated heterocycles. The van der Waals surface area contributed by atoms with E-state index in [2.05, 4.69) is 25.5 Å². The maximum Gasteiger partial charge on any atom is 0.355 e. The fraction of sp³-hybridized carbons (Fsp3) is 0.182. The summed E-state index contributed by atoms with van der Waals surface area (Å²) in [6.45, 7) is -0.682. The van der Waals surface area contributed by atoms with E-state index in [9.17, 15) is 22.8 Å². The lowest BCUT2D eigenvalue weighted by atomic mass is 10.2. The average molecular weight is 532 g/mol. The quantitative estimate of drug-likeness (QED) is 0.334. The second-order valence-corrected chi connectivity index (χ2v) is 8.61. The van der Waals surface area contributed by atoms with Gasteiger partial charge in [0.15, 0.2) is 17.5 Å². The molecule has 0 aliphatic heterocycles. The number of hydrogen-bond donors (Lipinski definition) is 1. The van der Waals surface area contributed by atoms with Gasteiger partial charge in [0, 0.05) is 31.7 Å². The highest BCUT2D eigenvalue weighted by Crippen LogP contribution is 2.25. The molecule has 0 unspecified atom stereocenters. The molecule has 0 atom stereocenters. The minimum absolute atomic E-state index is 0.0898. The zero-order valence-electron chi connectivity index (χ0n) is 19.3. The number of aryl methyl sites for hydroxylation is 2. The van der Waals surface area contributed by atoms with Crippen LogP contribution in [0.15, 0.2) is 46.4 Å². The van der Waals surface area contributed by atoms with Gasteiger partial charge in [-0.25, -0.2) is 32.3 Å². The van der Waals surface area contributed by atoms with Crippen LogP contribution in [0.2, 0.25) is 5.02 Å². The average Bonchev–Trinajstić information content (AvgIpc) is 3.41. The van der Waals surface area contributed by atoms with E-state index in [1.807, 2.05) is 0 Å². The van der Waals surface area contributed by atoms with Crippen molar-refractivity contribution in [1.29, 1.82) is 0 Å². The van der Waals surface area contributed by atoms with E-state index < -0.39 is 33.9 Å². The van der Waals surface area contributed by atoms with Gasteiger partial charge in [-0.15, -0.1) is 0 Å². The van der Waals surface area contributed by atoms with Crippen LogP contribution in [0.25, 0.3) is 10.9 Å². The van der Waals surface area contributed by atoms with Crippen LogP contribution in [-0.4, -0.2) is 38.7 Å². The Balaban J connectivity index is 1.63.